The normalized spacial score (nSPS) is 10.6. The molecule has 1 aromatic heterocycles. The molecule has 0 fully saturated rings. The Balaban J connectivity index is 1.76. The molecule has 0 saturated carbocycles. The number of benzene rings is 2. The first-order chi connectivity index (χ1) is 14.4. The van der Waals surface area contributed by atoms with Gasteiger partial charge in [-0.2, -0.15) is 5.10 Å². The Morgan fingerprint density at radius 2 is 1.90 bits per heavy atom. The highest BCUT2D eigenvalue weighted by Crippen LogP contribution is 2.17. The molecular formula is C20H18N4O6. The zero-order chi connectivity index (χ0) is 21.7. The number of nitro benzene ring substituents is 1. The van der Waals surface area contributed by atoms with Crippen LogP contribution in [0.25, 0.3) is 10.8 Å². The van der Waals surface area contributed by atoms with E-state index in [9.17, 15) is 24.5 Å². The maximum atomic E-state index is 12.6. The lowest BCUT2D eigenvalue weighted by molar-refractivity contribution is -0.384. The molecule has 30 heavy (non-hydrogen) atoms. The largest absolute Gasteiger partial charge is 0.451 e. The van der Waals surface area contributed by atoms with Gasteiger partial charge in [-0.15, -0.1) is 0 Å². The van der Waals surface area contributed by atoms with E-state index in [2.05, 4.69) is 10.4 Å². The number of nitrogens with zero attached hydrogens (tertiary/aromatic N) is 3. The summed E-state index contributed by atoms with van der Waals surface area (Å²) in [6, 6.07) is 11.9. The van der Waals surface area contributed by atoms with Crippen molar-refractivity contribution in [2.75, 3.05) is 11.9 Å². The smallest absolute Gasteiger partial charge is 0.359 e. The summed E-state index contributed by atoms with van der Waals surface area (Å²) in [6.45, 7) is 1.58. The number of ether oxygens (including phenoxy) is 1. The Morgan fingerprint density at radius 3 is 2.60 bits per heavy atom. The highest BCUT2D eigenvalue weighted by atomic mass is 16.6. The van der Waals surface area contributed by atoms with E-state index in [1.54, 1.807) is 24.3 Å². The second-order valence-corrected chi connectivity index (χ2v) is 6.35. The third kappa shape index (κ3) is 4.49. The fraction of sp³-hybridized carbons (Fsp3) is 0.200. The average molecular weight is 410 g/mol. The summed E-state index contributed by atoms with van der Waals surface area (Å²) < 4.78 is 6.25. The zero-order valence-electron chi connectivity index (χ0n) is 16.0. The number of aromatic nitrogens is 2. The van der Waals surface area contributed by atoms with Crippen molar-refractivity contribution in [3.63, 3.8) is 0 Å². The summed E-state index contributed by atoms with van der Waals surface area (Å²) in [5.74, 6) is -1.53. The van der Waals surface area contributed by atoms with Gasteiger partial charge in [-0.25, -0.2) is 9.48 Å². The van der Waals surface area contributed by atoms with Gasteiger partial charge in [-0.3, -0.25) is 19.7 Å². The van der Waals surface area contributed by atoms with Crippen LogP contribution in [0, 0.1) is 10.1 Å². The van der Waals surface area contributed by atoms with Gasteiger partial charge in [-0.05, 0) is 18.6 Å². The van der Waals surface area contributed by atoms with Crippen LogP contribution in [0.2, 0.25) is 0 Å². The van der Waals surface area contributed by atoms with Crippen molar-refractivity contribution in [2.24, 2.45) is 0 Å². The Hall–Kier alpha value is -4.08. The van der Waals surface area contributed by atoms with Crippen LogP contribution in [0.5, 0.6) is 0 Å². The molecule has 3 rings (SSSR count). The third-order valence-electron chi connectivity index (χ3n) is 4.17. The topological polar surface area (TPSA) is 133 Å². The molecule has 0 unspecified atom stereocenters. The molecule has 0 radical (unpaired) electrons. The number of amides is 1. The van der Waals surface area contributed by atoms with Crippen LogP contribution < -0.4 is 10.9 Å². The number of rotatable bonds is 7. The first-order valence-corrected chi connectivity index (χ1v) is 9.12. The minimum Gasteiger partial charge on any atom is -0.451 e. The van der Waals surface area contributed by atoms with E-state index < -0.39 is 23.4 Å². The van der Waals surface area contributed by atoms with E-state index in [1.165, 1.54) is 28.9 Å². The third-order valence-corrected chi connectivity index (χ3v) is 4.17. The van der Waals surface area contributed by atoms with Crippen molar-refractivity contribution in [3.8, 4) is 0 Å². The monoisotopic (exact) mass is 410 g/mol. The number of aryl methyl sites for hydroxylation is 1. The van der Waals surface area contributed by atoms with E-state index in [0.717, 1.165) is 0 Å². The molecule has 0 aliphatic rings. The van der Waals surface area contributed by atoms with Crippen molar-refractivity contribution >= 4 is 34.0 Å². The van der Waals surface area contributed by atoms with Gasteiger partial charge in [0.05, 0.1) is 10.3 Å². The molecule has 2 aromatic carbocycles. The summed E-state index contributed by atoms with van der Waals surface area (Å²) in [5.41, 5.74) is -0.363. The first-order valence-electron chi connectivity index (χ1n) is 9.12. The molecule has 0 aliphatic carbocycles. The predicted octanol–water partition coefficient (Wildman–Crippen LogP) is 2.51. The van der Waals surface area contributed by atoms with Gasteiger partial charge in [0.1, 0.15) is 0 Å². The van der Waals surface area contributed by atoms with Gasteiger partial charge in [0.2, 0.25) is 0 Å². The zero-order valence-corrected chi connectivity index (χ0v) is 16.0. The second kappa shape index (κ2) is 8.95. The van der Waals surface area contributed by atoms with E-state index in [4.69, 9.17) is 4.74 Å². The number of non-ortho nitro benzene ring substituents is 1. The fourth-order valence-corrected chi connectivity index (χ4v) is 2.84. The Kier molecular flexibility index (Phi) is 6.16. The van der Waals surface area contributed by atoms with E-state index >= 15 is 0 Å². The first kappa shape index (κ1) is 20.6. The van der Waals surface area contributed by atoms with Crippen LogP contribution in [-0.4, -0.2) is 33.2 Å². The molecule has 3 aromatic rings. The van der Waals surface area contributed by atoms with Gasteiger partial charge in [0.25, 0.3) is 17.2 Å². The Morgan fingerprint density at radius 1 is 1.17 bits per heavy atom. The van der Waals surface area contributed by atoms with E-state index in [1.807, 2.05) is 6.92 Å². The predicted molar refractivity (Wildman–Crippen MR) is 108 cm³/mol. The standard InChI is InChI=1S/C20H18N4O6/c1-2-10-23-19(26)16-9-4-3-8-15(16)18(22-23)20(27)30-12-17(25)21-13-6-5-7-14(11-13)24(28)29/h3-9,11H,2,10,12H2,1H3,(H,21,25). The number of anilines is 1. The van der Waals surface area contributed by atoms with Crippen LogP contribution in [-0.2, 0) is 16.1 Å². The van der Waals surface area contributed by atoms with Crippen LogP contribution >= 0.6 is 0 Å². The molecule has 1 amide bonds. The van der Waals surface area contributed by atoms with Crippen LogP contribution in [0.4, 0.5) is 11.4 Å². The van der Waals surface area contributed by atoms with Crippen molar-refractivity contribution in [3.05, 3.63) is 74.7 Å². The SMILES string of the molecule is CCCn1nc(C(=O)OCC(=O)Nc2cccc([N+](=O)[O-])c2)c2ccccc2c1=O. The lowest BCUT2D eigenvalue weighted by atomic mass is 10.1. The molecular weight excluding hydrogens is 392 g/mol. The number of hydrogen-bond donors (Lipinski definition) is 1. The second-order valence-electron chi connectivity index (χ2n) is 6.35. The number of nitro groups is 1. The van der Waals surface area contributed by atoms with Crippen molar-refractivity contribution in [1.82, 2.24) is 9.78 Å². The van der Waals surface area contributed by atoms with Crippen LogP contribution in [0.3, 0.4) is 0 Å². The molecule has 0 spiro atoms. The van der Waals surface area contributed by atoms with Gasteiger partial charge in [-0.1, -0.05) is 31.2 Å². The highest BCUT2D eigenvalue weighted by Gasteiger charge is 2.19. The Bertz CT molecular complexity index is 1190. The molecule has 10 nitrogen and oxygen atoms in total. The summed E-state index contributed by atoms with van der Waals surface area (Å²) in [4.78, 5) is 47.3. The number of fused-ring (bicyclic) bond motifs is 1. The number of carbonyl (C=O) groups is 2. The molecule has 0 saturated heterocycles. The van der Waals surface area contributed by atoms with Crippen molar-refractivity contribution in [2.45, 2.75) is 19.9 Å². The van der Waals surface area contributed by atoms with Crippen molar-refractivity contribution < 1.29 is 19.2 Å². The minimum absolute atomic E-state index is 0.0678. The molecule has 1 heterocycles. The molecule has 0 atom stereocenters. The van der Waals surface area contributed by atoms with Crippen LogP contribution in [0.1, 0.15) is 23.8 Å². The van der Waals surface area contributed by atoms with Gasteiger partial charge < -0.3 is 10.1 Å². The average Bonchev–Trinajstić information content (AvgIpc) is 2.74. The van der Waals surface area contributed by atoms with Gasteiger partial charge in [0.15, 0.2) is 12.3 Å². The molecule has 1 N–H and O–H groups in total. The quantitative estimate of drug-likeness (QED) is 0.359. The van der Waals surface area contributed by atoms with Crippen LogP contribution in [0.15, 0.2) is 53.3 Å². The Labute approximate surface area is 170 Å². The summed E-state index contributed by atoms with van der Waals surface area (Å²) >= 11 is 0. The van der Waals surface area contributed by atoms with Gasteiger partial charge >= 0.3 is 5.97 Å². The summed E-state index contributed by atoms with van der Waals surface area (Å²) in [7, 11) is 0. The summed E-state index contributed by atoms with van der Waals surface area (Å²) in [6.07, 6.45) is 0.644. The molecule has 0 bridgehead atoms. The fourth-order valence-electron chi connectivity index (χ4n) is 2.84. The molecule has 0 aliphatic heterocycles. The number of carbonyl (C=O) groups excluding carboxylic acids is 2. The van der Waals surface area contributed by atoms with E-state index in [-0.39, 0.29) is 22.6 Å². The maximum absolute atomic E-state index is 12.6. The number of nitrogens with one attached hydrogen (secondary N) is 1. The number of esters is 1. The summed E-state index contributed by atoms with van der Waals surface area (Å²) in [5, 5.41) is 18.0. The lowest BCUT2D eigenvalue weighted by Gasteiger charge is -2.10. The number of hydrogen-bond acceptors (Lipinski definition) is 7. The minimum atomic E-state index is -0.856. The highest BCUT2D eigenvalue weighted by molar-refractivity contribution is 6.03. The molecule has 10 heteroatoms. The van der Waals surface area contributed by atoms with Gasteiger partial charge in [0, 0.05) is 29.8 Å². The maximum Gasteiger partial charge on any atom is 0.359 e. The molecule has 154 valence electrons. The van der Waals surface area contributed by atoms with E-state index in [0.29, 0.717) is 23.7 Å². The van der Waals surface area contributed by atoms with Crippen molar-refractivity contribution in [1.29, 1.82) is 0 Å². The lowest BCUT2D eigenvalue weighted by Crippen LogP contribution is -2.27.